The zero-order valence-corrected chi connectivity index (χ0v) is 4.86. The molecule has 0 saturated carbocycles. The van der Waals surface area contributed by atoms with Crippen LogP contribution in [0.1, 0.15) is 0 Å². The van der Waals surface area contributed by atoms with E-state index in [-0.39, 0.29) is 6.17 Å². The molecule has 2 atom stereocenters. The fourth-order valence-electron chi connectivity index (χ4n) is 1.00. The number of nitrogens with zero attached hydrogens (tertiary/aromatic N) is 2. The molecule has 2 heterocycles. The van der Waals surface area contributed by atoms with Gasteiger partial charge in [0.15, 0.2) is 0 Å². The number of nitrogens with one attached hydrogen (secondary N) is 1. The van der Waals surface area contributed by atoms with E-state index in [2.05, 4.69) is 21.4 Å². The van der Waals surface area contributed by atoms with Crippen molar-refractivity contribution in [3.8, 4) is 0 Å². The SMILES string of the molecule is C1=CC2C=NC=NC2N1. The normalized spacial score (nSPS) is 36.4. The molecule has 46 valence electrons. The van der Waals surface area contributed by atoms with Gasteiger partial charge in [-0.05, 0) is 6.20 Å². The molecule has 2 rings (SSSR count). The molecular formula is C6H7N3. The van der Waals surface area contributed by atoms with E-state index in [1.165, 1.54) is 0 Å². The van der Waals surface area contributed by atoms with E-state index in [0.717, 1.165) is 0 Å². The van der Waals surface area contributed by atoms with Crippen LogP contribution in [0.4, 0.5) is 0 Å². The van der Waals surface area contributed by atoms with Crippen molar-refractivity contribution in [2.45, 2.75) is 6.17 Å². The van der Waals surface area contributed by atoms with Crippen LogP contribution < -0.4 is 5.32 Å². The molecule has 2 unspecified atom stereocenters. The van der Waals surface area contributed by atoms with Crippen molar-refractivity contribution in [3.63, 3.8) is 0 Å². The van der Waals surface area contributed by atoms with E-state index in [0.29, 0.717) is 5.92 Å². The molecule has 2 aliphatic heterocycles. The Balaban J connectivity index is 2.25. The number of rotatable bonds is 0. The van der Waals surface area contributed by atoms with E-state index in [9.17, 15) is 0 Å². The molecule has 0 aromatic heterocycles. The minimum Gasteiger partial charge on any atom is -0.369 e. The Morgan fingerprint density at radius 1 is 1.44 bits per heavy atom. The lowest BCUT2D eigenvalue weighted by Crippen LogP contribution is -2.27. The van der Waals surface area contributed by atoms with Crippen molar-refractivity contribution >= 4 is 12.6 Å². The average molecular weight is 121 g/mol. The van der Waals surface area contributed by atoms with E-state index < -0.39 is 0 Å². The van der Waals surface area contributed by atoms with E-state index in [4.69, 9.17) is 0 Å². The van der Waals surface area contributed by atoms with Gasteiger partial charge in [0, 0.05) is 6.21 Å². The predicted octanol–water partition coefficient (Wildman–Crippen LogP) is 0.158. The third kappa shape index (κ3) is 0.650. The molecule has 0 aromatic carbocycles. The lowest BCUT2D eigenvalue weighted by molar-refractivity contribution is 0.599. The minimum absolute atomic E-state index is 0.225. The van der Waals surface area contributed by atoms with Crippen LogP contribution in [0, 0.1) is 5.92 Å². The van der Waals surface area contributed by atoms with E-state index in [1.807, 2.05) is 12.4 Å². The van der Waals surface area contributed by atoms with Crippen molar-refractivity contribution in [3.05, 3.63) is 12.3 Å². The second-order valence-electron chi connectivity index (χ2n) is 2.11. The Morgan fingerprint density at radius 2 is 2.44 bits per heavy atom. The zero-order chi connectivity index (χ0) is 6.10. The van der Waals surface area contributed by atoms with E-state index in [1.54, 1.807) is 6.34 Å². The second-order valence-corrected chi connectivity index (χ2v) is 2.11. The first-order valence-electron chi connectivity index (χ1n) is 2.94. The van der Waals surface area contributed by atoms with Crippen LogP contribution in [0.3, 0.4) is 0 Å². The molecule has 0 saturated heterocycles. The summed E-state index contributed by atoms with van der Waals surface area (Å²) < 4.78 is 0. The molecule has 0 bridgehead atoms. The topological polar surface area (TPSA) is 36.8 Å². The molecule has 1 N–H and O–H groups in total. The van der Waals surface area contributed by atoms with Crippen LogP contribution in [-0.4, -0.2) is 18.7 Å². The summed E-state index contributed by atoms with van der Waals surface area (Å²) in [7, 11) is 0. The standard InChI is InChI=1S/C6H7N3/c1-2-8-6-5(1)3-7-4-9-6/h1-6,8H. The van der Waals surface area contributed by atoms with Crippen molar-refractivity contribution in [2.75, 3.05) is 0 Å². The summed E-state index contributed by atoms with van der Waals surface area (Å²) in [6.45, 7) is 0. The lowest BCUT2D eigenvalue weighted by atomic mass is 10.1. The number of aliphatic imine (C=N–C) groups is 2. The molecule has 0 spiro atoms. The molecule has 0 radical (unpaired) electrons. The maximum atomic E-state index is 4.09. The van der Waals surface area contributed by atoms with Gasteiger partial charge in [-0.3, -0.25) is 0 Å². The predicted molar refractivity (Wildman–Crippen MR) is 36.5 cm³/mol. The summed E-state index contributed by atoms with van der Waals surface area (Å²) in [6, 6.07) is 0. The Hall–Kier alpha value is -1.12. The largest absolute Gasteiger partial charge is 0.369 e. The van der Waals surface area contributed by atoms with Gasteiger partial charge in [-0.25, -0.2) is 9.98 Å². The number of fused-ring (bicyclic) bond motifs is 1. The van der Waals surface area contributed by atoms with Crippen LogP contribution in [0.5, 0.6) is 0 Å². The maximum Gasteiger partial charge on any atom is 0.131 e. The Bertz CT molecular complexity index is 192. The van der Waals surface area contributed by atoms with Gasteiger partial charge in [0.2, 0.25) is 0 Å². The summed E-state index contributed by atoms with van der Waals surface area (Å²) in [5, 5.41) is 3.09. The number of hydrogen-bond acceptors (Lipinski definition) is 3. The molecule has 0 fully saturated rings. The molecule has 2 aliphatic rings. The summed E-state index contributed by atoms with van der Waals surface area (Å²) >= 11 is 0. The first-order valence-corrected chi connectivity index (χ1v) is 2.94. The van der Waals surface area contributed by atoms with Gasteiger partial charge in [0.25, 0.3) is 0 Å². The van der Waals surface area contributed by atoms with Crippen molar-refractivity contribution in [2.24, 2.45) is 15.9 Å². The second kappa shape index (κ2) is 1.69. The Kier molecular flexibility index (Phi) is 0.886. The average Bonchev–Trinajstić information content (AvgIpc) is 2.33. The molecule has 0 aliphatic carbocycles. The molecule has 0 amide bonds. The minimum atomic E-state index is 0.225. The molecule has 3 nitrogen and oxygen atoms in total. The zero-order valence-electron chi connectivity index (χ0n) is 4.86. The first kappa shape index (κ1) is 4.73. The molecule has 9 heavy (non-hydrogen) atoms. The van der Waals surface area contributed by atoms with Gasteiger partial charge in [0.05, 0.1) is 5.92 Å². The summed E-state index contributed by atoms with van der Waals surface area (Å²) in [5.41, 5.74) is 0. The third-order valence-electron chi connectivity index (χ3n) is 1.50. The van der Waals surface area contributed by atoms with Crippen LogP contribution in [0.2, 0.25) is 0 Å². The van der Waals surface area contributed by atoms with Crippen LogP contribution in [0.15, 0.2) is 22.3 Å². The fourth-order valence-corrected chi connectivity index (χ4v) is 1.00. The van der Waals surface area contributed by atoms with Gasteiger partial charge in [-0.15, -0.1) is 0 Å². The fraction of sp³-hybridized carbons (Fsp3) is 0.333. The van der Waals surface area contributed by atoms with Crippen LogP contribution in [-0.2, 0) is 0 Å². The smallest absolute Gasteiger partial charge is 0.131 e. The Labute approximate surface area is 53.2 Å². The monoisotopic (exact) mass is 121 g/mol. The van der Waals surface area contributed by atoms with Gasteiger partial charge in [0.1, 0.15) is 12.5 Å². The highest BCUT2D eigenvalue weighted by Gasteiger charge is 2.20. The van der Waals surface area contributed by atoms with Gasteiger partial charge >= 0.3 is 0 Å². The number of hydrogen-bond donors (Lipinski definition) is 1. The summed E-state index contributed by atoms with van der Waals surface area (Å²) in [5.74, 6) is 0.384. The van der Waals surface area contributed by atoms with E-state index >= 15 is 0 Å². The summed E-state index contributed by atoms with van der Waals surface area (Å²) in [6.07, 6.45) is 7.69. The highest BCUT2D eigenvalue weighted by atomic mass is 15.1. The third-order valence-corrected chi connectivity index (χ3v) is 1.50. The van der Waals surface area contributed by atoms with Crippen molar-refractivity contribution in [1.82, 2.24) is 5.32 Å². The Morgan fingerprint density at radius 3 is 3.33 bits per heavy atom. The van der Waals surface area contributed by atoms with Crippen molar-refractivity contribution < 1.29 is 0 Å². The van der Waals surface area contributed by atoms with Crippen LogP contribution >= 0.6 is 0 Å². The van der Waals surface area contributed by atoms with Gasteiger partial charge in [-0.1, -0.05) is 6.08 Å². The van der Waals surface area contributed by atoms with Crippen LogP contribution in [0.25, 0.3) is 0 Å². The lowest BCUT2D eigenvalue weighted by Gasteiger charge is -2.12. The summed E-state index contributed by atoms with van der Waals surface area (Å²) in [4.78, 5) is 8.01. The van der Waals surface area contributed by atoms with Gasteiger partial charge < -0.3 is 5.32 Å². The van der Waals surface area contributed by atoms with Gasteiger partial charge in [-0.2, -0.15) is 0 Å². The van der Waals surface area contributed by atoms with Crippen molar-refractivity contribution in [1.29, 1.82) is 0 Å². The maximum absolute atomic E-state index is 4.09. The highest BCUT2D eigenvalue weighted by Crippen LogP contribution is 2.12. The molecule has 3 heteroatoms. The highest BCUT2D eigenvalue weighted by molar-refractivity contribution is 5.78. The first-order chi connectivity index (χ1) is 4.47. The molecular weight excluding hydrogens is 114 g/mol. The quantitative estimate of drug-likeness (QED) is 0.487. The molecule has 0 aromatic rings.